The Morgan fingerprint density at radius 1 is 0.763 bits per heavy atom. The first-order chi connectivity index (χ1) is 18.0. The summed E-state index contributed by atoms with van der Waals surface area (Å²) in [5, 5.41) is 0. The molecule has 198 valence electrons. The van der Waals surface area contributed by atoms with Gasteiger partial charge in [-0.25, -0.2) is 18.4 Å². The summed E-state index contributed by atoms with van der Waals surface area (Å²) in [6.07, 6.45) is 4.69. The summed E-state index contributed by atoms with van der Waals surface area (Å²) in [5.74, 6) is 1.54. The summed E-state index contributed by atoms with van der Waals surface area (Å²) >= 11 is 0. The third-order valence-corrected chi connectivity index (χ3v) is 10.0. The minimum absolute atomic E-state index is 0.00209. The zero-order valence-corrected chi connectivity index (χ0v) is 23.7. The van der Waals surface area contributed by atoms with Crippen molar-refractivity contribution >= 4 is 31.9 Å². The molecule has 0 aliphatic rings. The number of nitrogens with one attached hydrogen (secondary N) is 2. The number of imidazole rings is 2. The second-order valence-corrected chi connectivity index (χ2v) is 12.9. The van der Waals surface area contributed by atoms with Crippen LogP contribution in [0.2, 0.25) is 0 Å². The molecule has 0 amide bonds. The number of hydrogen-bond donors (Lipinski definition) is 2. The number of H-pyrrole nitrogens is 2. The van der Waals surface area contributed by atoms with Gasteiger partial charge in [0.1, 0.15) is 11.6 Å². The minimum atomic E-state index is -3.75. The highest BCUT2D eigenvalue weighted by atomic mass is 32.2. The summed E-state index contributed by atoms with van der Waals surface area (Å²) in [6.45, 7) is 13.0. The molecule has 8 heteroatoms. The first-order valence-electron chi connectivity index (χ1n) is 13.2. The van der Waals surface area contributed by atoms with Crippen LogP contribution in [0.25, 0.3) is 33.5 Å². The molecule has 3 heterocycles. The van der Waals surface area contributed by atoms with E-state index < -0.39 is 9.84 Å². The molecular weight excluding hydrogens is 494 g/mol. The number of nitrogens with zero attached hydrogens (tertiary/aromatic N) is 3. The Kier molecular flexibility index (Phi) is 6.42. The van der Waals surface area contributed by atoms with Crippen LogP contribution in [0.1, 0.15) is 72.3 Å². The van der Waals surface area contributed by atoms with Gasteiger partial charge in [-0.15, -0.1) is 0 Å². The van der Waals surface area contributed by atoms with Crippen molar-refractivity contribution in [3.63, 3.8) is 0 Å². The van der Waals surface area contributed by atoms with E-state index in [-0.39, 0.29) is 20.6 Å². The van der Waals surface area contributed by atoms with E-state index in [1.165, 1.54) is 0 Å². The number of fused-ring (bicyclic) bond motifs is 2. The molecule has 0 spiro atoms. The average Bonchev–Trinajstić information content (AvgIpc) is 3.56. The third kappa shape index (κ3) is 4.41. The Balaban J connectivity index is 1.48. The van der Waals surface area contributed by atoms with Crippen LogP contribution in [-0.2, 0) is 20.7 Å². The van der Waals surface area contributed by atoms with Crippen molar-refractivity contribution in [2.24, 2.45) is 0 Å². The molecule has 2 N–H and O–H groups in total. The van der Waals surface area contributed by atoms with E-state index in [1.807, 2.05) is 18.3 Å². The molecule has 0 saturated carbocycles. The van der Waals surface area contributed by atoms with E-state index in [9.17, 15) is 8.42 Å². The van der Waals surface area contributed by atoms with Crippen molar-refractivity contribution in [3.8, 4) is 11.4 Å². The van der Waals surface area contributed by atoms with Crippen LogP contribution in [0, 0.1) is 0 Å². The van der Waals surface area contributed by atoms with Crippen molar-refractivity contribution < 1.29 is 8.42 Å². The second-order valence-electron chi connectivity index (χ2n) is 11.0. The molecule has 38 heavy (non-hydrogen) atoms. The second kappa shape index (κ2) is 9.34. The lowest BCUT2D eigenvalue weighted by molar-refractivity contribution is 0.416. The first kappa shape index (κ1) is 26.1. The molecule has 0 atom stereocenters. The smallest absolute Gasteiger partial charge is 0.206 e. The number of aromatic amines is 2. The highest BCUT2D eigenvalue weighted by Gasteiger charge is 2.27. The van der Waals surface area contributed by atoms with Gasteiger partial charge >= 0.3 is 0 Å². The molecular formula is C30H35N5O2S. The van der Waals surface area contributed by atoms with Crippen LogP contribution >= 0.6 is 0 Å². The number of hydrogen-bond acceptors (Lipinski definition) is 5. The van der Waals surface area contributed by atoms with Gasteiger partial charge in [0.15, 0.2) is 0 Å². The number of sulfone groups is 1. The van der Waals surface area contributed by atoms with Gasteiger partial charge in [-0.05, 0) is 67.8 Å². The number of pyridine rings is 1. The summed E-state index contributed by atoms with van der Waals surface area (Å²) in [6, 6.07) is 14.1. The molecule has 0 aliphatic heterocycles. The lowest BCUT2D eigenvalue weighted by Crippen LogP contribution is -2.21. The SMILES string of the molecule is CCC(C)(C)c1ccc(-c2nc3ccc(S(=O)(=O)c4ccc5nc(C(C)(CC)CC)[nH]c5c4)cc3[nH]2)cn1. The van der Waals surface area contributed by atoms with Gasteiger partial charge < -0.3 is 9.97 Å². The number of benzene rings is 2. The molecule has 0 fully saturated rings. The predicted octanol–water partition coefficient (Wildman–Crippen LogP) is 7.10. The molecule has 5 aromatic rings. The van der Waals surface area contributed by atoms with Gasteiger partial charge in [-0.3, -0.25) is 4.98 Å². The first-order valence-corrected chi connectivity index (χ1v) is 14.7. The van der Waals surface area contributed by atoms with Crippen LogP contribution in [-0.4, -0.2) is 33.3 Å². The molecule has 0 saturated heterocycles. The van der Waals surface area contributed by atoms with Crippen molar-refractivity contribution in [1.29, 1.82) is 0 Å². The van der Waals surface area contributed by atoms with Crippen molar-refractivity contribution in [3.05, 3.63) is 66.2 Å². The zero-order chi connectivity index (χ0) is 27.3. The minimum Gasteiger partial charge on any atom is -0.341 e. The zero-order valence-electron chi connectivity index (χ0n) is 22.9. The average molecular weight is 530 g/mol. The van der Waals surface area contributed by atoms with E-state index in [0.29, 0.717) is 16.9 Å². The topological polar surface area (TPSA) is 104 Å². The molecule has 5 rings (SSSR count). The third-order valence-electron chi connectivity index (χ3n) is 8.27. The number of aromatic nitrogens is 5. The predicted molar refractivity (Wildman–Crippen MR) is 152 cm³/mol. The molecule has 0 radical (unpaired) electrons. The quantitative estimate of drug-likeness (QED) is 0.223. The largest absolute Gasteiger partial charge is 0.341 e. The summed E-state index contributed by atoms with van der Waals surface area (Å²) in [4.78, 5) is 21.2. The van der Waals surface area contributed by atoms with E-state index in [2.05, 4.69) is 61.5 Å². The molecule has 2 aromatic carbocycles. The monoisotopic (exact) mass is 529 g/mol. The van der Waals surface area contributed by atoms with E-state index in [1.54, 1.807) is 36.4 Å². The fraction of sp³-hybridized carbons (Fsp3) is 0.367. The van der Waals surface area contributed by atoms with Gasteiger partial charge in [-0.1, -0.05) is 41.5 Å². The lowest BCUT2D eigenvalue weighted by atomic mass is 9.84. The van der Waals surface area contributed by atoms with Crippen molar-refractivity contribution in [2.45, 2.75) is 81.4 Å². The Bertz CT molecular complexity index is 1730. The van der Waals surface area contributed by atoms with Crippen LogP contribution in [0.15, 0.2) is 64.5 Å². The Morgan fingerprint density at radius 2 is 1.37 bits per heavy atom. The molecule has 0 aliphatic carbocycles. The van der Waals surface area contributed by atoms with Gasteiger partial charge in [0.2, 0.25) is 9.84 Å². The van der Waals surface area contributed by atoms with Crippen molar-refractivity contribution in [1.82, 2.24) is 24.9 Å². The maximum Gasteiger partial charge on any atom is 0.206 e. The maximum atomic E-state index is 13.6. The van der Waals surface area contributed by atoms with Gasteiger partial charge in [0.25, 0.3) is 0 Å². The van der Waals surface area contributed by atoms with Gasteiger partial charge in [-0.2, -0.15) is 0 Å². The molecule has 0 bridgehead atoms. The highest BCUT2D eigenvalue weighted by Crippen LogP contribution is 2.32. The van der Waals surface area contributed by atoms with E-state index in [4.69, 9.17) is 4.98 Å². The molecule has 3 aromatic heterocycles. The molecule has 0 unspecified atom stereocenters. The standard InChI is InChI=1S/C30H35N5O2S/c1-7-29(4,5)26-15-10-19(18-31-26)27-32-22-13-11-20(16-24(22)33-27)38(36,37)21-12-14-23-25(17-21)35-28(34-23)30(6,8-2)9-3/h10-18H,7-9H2,1-6H3,(H,32,33)(H,34,35). The Labute approximate surface area is 224 Å². The summed E-state index contributed by atoms with van der Waals surface area (Å²) in [7, 11) is -3.75. The highest BCUT2D eigenvalue weighted by molar-refractivity contribution is 7.91. The maximum absolute atomic E-state index is 13.6. The normalized spacial score (nSPS) is 13.0. The van der Waals surface area contributed by atoms with Crippen LogP contribution in [0.5, 0.6) is 0 Å². The fourth-order valence-electron chi connectivity index (χ4n) is 4.57. The van der Waals surface area contributed by atoms with Crippen LogP contribution in [0.4, 0.5) is 0 Å². The Morgan fingerprint density at radius 3 is 1.92 bits per heavy atom. The fourth-order valence-corrected chi connectivity index (χ4v) is 5.88. The van der Waals surface area contributed by atoms with Crippen LogP contribution in [0.3, 0.4) is 0 Å². The Hall–Kier alpha value is -3.52. The van der Waals surface area contributed by atoms with E-state index >= 15 is 0 Å². The van der Waals surface area contributed by atoms with Crippen LogP contribution < -0.4 is 0 Å². The summed E-state index contributed by atoms with van der Waals surface area (Å²) < 4.78 is 27.2. The number of rotatable bonds is 8. The molecule has 7 nitrogen and oxygen atoms in total. The lowest BCUT2D eigenvalue weighted by Gasteiger charge is -2.23. The van der Waals surface area contributed by atoms with Gasteiger partial charge in [0.05, 0.1) is 31.9 Å². The van der Waals surface area contributed by atoms with Crippen molar-refractivity contribution in [2.75, 3.05) is 0 Å². The summed E-state index contributed by atoms with van der Waals surface area (Å²) in [5.41, 5.74) is 4.65. The van der Waals surface area contributed by atoms with Gasteiger partial charge in [0, 0.05) is 28.3 Å². The van der Waals surface area contributed by atoms with E-state index in [0.717, 1.165) is 47.4 Å².